The second-order valence-electron chi connectivity index (χ2n) is 4.66. The Hall–Kier alpha value is -1.68. The van der Waals surface area contributed by atoms with Crippen LogP contribution in [0.4, 0.5) is 0 Å². The SMILES string of the molecule is Cc1cc(Br)c2c(c1)CC(=O)C(c1ccncc1)O2. The monoisotopic (exact) mass is 317 g/mol. The van der Waals surface area contributed by atoms with Crippen LogP contribution in [0.15, 0.2) is 41.1 Å². The van der Waals surface area contributed by atoms with Gasteiger partial charge in [-0.15, -0.1) is 0 Å². The molecule has 1 atom stereocenters. The molecular weight excluding hydrogens is 306 g/mol. The molecule has 0 radical (unpaired) electrons. The van der Waals surface area contributed by atoms with Gasteiger partial charge in [-0.05, 0) is 46.6 Å². The van der Waals surface area contributed by atoms with Gasteiger partial charge >= 0.3 is 0 Å². The minimum atomic E-state index is -0.533. The molecule has 19 heavy (non-hydrogen) atoms. The van der Waals surface area contributed by atoms with E-state index in [9.17, 15) is 4.79 Å². The number of Topliss-reactive ketones (excluding diaryl/α,β-unsaturated/α-hetero) is 1. The summed E-state index contributed by atoms with van der Waals surface area (Å²) in [5.41, 5.74) is 2.91. The lowest BCUT2D eigenvalue weighted by atomic mass is 9.96. The minimum Gasteiger partial charge on any atom is -0.476 e. The van der Waals surface area contributed by atoms with Crippen LogP contribution >= 0.6 is 15.9 Å². The molecule has 96 valence electrons. The van der Waals surface area contributed by atoms with Crippen molar-refractivity contribution in [3.63, 3.8) is 0 Å². The average Bonchev–Trinajstić information content (AvgIpc) is 2.38. The number of carbonyl (C=O) groups is 1. The second-order valence-corrected chi connectivity index (χ2v) is 5.51. The van der Waals surface area contributed by atoms with Crippen molar-refractivity contribution in [2.75, 3.05) is 0 Å². The van der Waals surface area contributed by atoms with Crippen LogP contribution < -0.4 is 4.74 Å². The summed E-state index contributed by atoms with van der Waals surface area (Å²) in [5, 5.41) is 0. The van der Waals surface area contributed by atoms with Crippen molar-refractivity contribution in [3.05, 3.63) is 57.8 Å². The van der Waals surface area contributed by atoms with Crippen LogP contribution in [0.5, 0.6) is 5.75 Å². The molecule has 0 amide bonds. The van der Waals surface area contributed by atoms with Crippen LogP contribution in [-0.2, 0) is 11.2 Å². The highest BCUT2D eigenvalue weighted by Crippen LogP contribution is 2.38. The zero-order valence-corrected chi connectivity index (χ0v) is 12.0. The van der Waals surface area contributed by atoms with Gasteiger partial charge < -0.3 is 4.74 Å². The molecule has 0 bridgehead atoms. The van der Waals surface area contributed by atoms with Crippen LogP contribution in [0, 0.1) is 6.92 Å². The molecule has 1 aromatic heterocycles. The Morgan fingerprint density at radius 2 is 2.05 bits per heavy atom. The third-order valence-electron chi connectivity index (χ3n) is 3.17. The first-order chi connectivity index (χ1) is 9.15. The normalized spacial score (nSPS) is 17.8. The van der Waals surface area contributed by atoms with Gasteiger partial charge in [-0.25, -0.2) is 0 Å². The Labute approximate surface area is 119 Å². The van der Waals surface area contributed by atoms with Crippen molar-refractivity contribution in [2.45, 2.75) is 19.4 Å². The van der Waals surface area contributed by atoms with E-state index in [1.807, 2.05) is 31.2 Å². The molecule has 0 aliphatic carbocycles. The lowest BCUT2D eigenvalue weighted by molar-refractivity contribution is -0.126. The molecule has 3 nitrogen and oxygen atoms in total. The highest BCUT2D eigenvalue weighted by molar-refractivity contribution is 9.10. The van der Waals surface area contributed by atoms with Crippen molar-refractivity contribution >= 4 is 21.7 Å². The lowest BCUT2D eigenvalue weighted by Crippen LogP contribution is -2.26. The van der Waals surface area contributed by atoms with E-state index in [4.69, 9.17) is 4.74 Å². The third-order valence-corrected chi connectivity index (χ3v) is 3.76. The first-order valence-corrected chi connectivity index (χ1v) is 6.83. The molecule has 0 saturated carbocycles. The Bertz CT molecular complexity index is 640. The Balaban J connectivity index is 2.03. The maximum atomic E-state index is 12.2. The zero-order chi connectivity index (χ0) is 13.4. The van der Waals surface area contributed by atoms with E-state index in [0.717, 1.165) is 26.9 Å². The summed E-state index contributed by atoms with van der Waals surface area (Å²) in [5.74, 6) is 0.850. The first kappa shape index (κ1) is 12.4. The number of benzene rings is 1. The predicted octanol–water partition coefficient (Wildman–Crippen LogP) is 3.40. The van der Waals surface area contributed by atoms with Crippen molar-refractivity contribution in [1.82, 2.24) is 4.98 Å². The molecule has 1 aromatic carbocycles. The van der Waals surface area contributed by atoms with Crippen LogP contribution in [-0.4, -0.2) is 10.8 Å². The van der Waals surface area contributed by atoms with Crippen LogP contribution in [0.1, 0.15) is 22.8 Å². The fraction of sp³-hybridized carbons (Fsp3) is 0.200. The second kappa shape index (κ2) is 4.78. The minimum absolute atomic E-state index is 0.0798. The molecule has 0 fully saturated rings. The fourth-order valence-corrected chi connectivity index (χ4v) is 3.03. The number of halogens is 1. The highest BCUT2D eigenvalue weighted by atomic mass is 79.9. The molecule has 1 aliphatic rings. The number of pyridine rings is 1. The number of fused-ring (bicyclic) bond motifs is 1. The summed E-state index contributed by atoms with van der Waals surface area (Å²) in [4.78, 5) is 16.2. The Morgan fingerprint density at radius 3 is 2.79 bits per heavy atom. The van der Waals surface area contributed by atoms with E-state index in [-0.39, 0.29) is 5.78 Å². The van der Waals surface area contributed by atoms with Gasteiger partial charge in [0.15, 0.2) is 11.9 Å². The number of hydrogen-bond donors (Lipinski definition) is 0. The zero-order valence-electron chi connectivity index (χ0n) is 10.4. The van der Waals surface area contributed by atoms with E-state index in [0.29, 0.717) is 6.42 Å². The quantitative estimate of drug-likeness (QED) is 0.809. The molecule has 1 aliphatic heterocycles. The van der Waals surface area contributed by atoms with Crippen molar-refractivity contribution in [2.24, 2.45) is 0 Å². The highest BCUT2D eigenvalue weighted by Gasteiger charge is 2.30. The maximum Gasteiger partial charge on any atom is 0.182 e. The number of aromatic nitrogens is 1. The van der Waals surface area contributed by atoms with Gasteiger partial charge in [0.25, 0.3) is 0 Å². The van der Waals surface area contributed by atoms with E-state index < -0.39 is 6.10 Å². The van der Waals surface area contributed by atoms with Crippen LogP contribution in [0.25, 0.3) is 0 Å². The lowest BCUT2D eigenvalue weighted by Gasteiger charge is -2.26. The standard InChI is InChI=1S/C15H12BrNO2/c1-9-6-11-8-13(18)15(10-2-4-17-5-3-10)19-14(11)12(16)7-9/h2-7,15H,8H2,1H3. The average molecular weight is 318 g/mol. The van der Waals surface area contributed by atoms with Crippen LogP contribution in [0.3, 0.4) is 0 Å². The number of rotatable bonds is 1. The first-order valence-electron chi connectivity index (χ1n) is 6.03. The summed E-state index contributed by atoms with van der Waals surface area (Å²) >= 11 is 3.50. The Kier molecular flexibility index (Phi) is 3.11. The molecular formula is C15H12BrNO2. The molecule has 1 unspecified atom stereocenters. The van der Waals surface area contributed by atoms with E-state index in [1.54, 1.807) is 12.4 Å². The molecule has 3 rings (SSSR count). The molecule has 2 aromatic rings. The van der Waals surface area contributed by atoms with E-state index in [2.05, 4.69) is 20.9 Å². The molecule has 0 N–H and O–H groups in total. The van der Waals surface area contributed by atoms with Gasteiger partial charge in [-0.2, -0.15) is 0 Å². The number of hydrogen-bond acceptors (Lipinski definition) is 3. The summed E-state index contributed by atoms with van der Waals surface area (Å²) in [7, 11) is 0. The van der Waals surface area contributed by atoms with Gasteiger partial charge in [0.05, 0.1) is 4.47 Å². The topological polar surface area (TPSA) is 39.2 Å². The van der Waals surface area contributed by atoms with E-state index in [1.165, 1.54) is 0 Å². The number of ketones is 1. The number of ether oxygens (including phenoxy) is 1. The summed E-state index contributed by atoms with van der Waals surface area (Å²) in [6.07, 6.45) is 3.22. The summed E-state index contributed by atoms with van der Waals surface area (Å²) in [6.45, 7) is 2.00. The van der Waals surface area contributed by atoms with E-state index >= 15 is 0 Å². The molecule has 0 saturated heterocycles. The molecule has 0 spiro atoms. The van der Waals surface area contributed by atoms with Crippen molar-refractivity contribution in [3.8, 4) is 5.75 Å². The van der Waals surface area contributed by atoms with Gasteiger partial charge in [-0.3, -0.25) is 9.78 Å². The predicted molar refractivity (Wildman–Crippen MR) is 75.2 cm³/mol. The Morgan fingerprint density at radius 1 is 1.32 bits per heavy atom. The smallest absolute Gasteiger partial charge is 0.182 e. The largest absolute Gasteiger partial charge is 0.476 e. The maximum absolute atomic E-state index is 12.2. The van der Waals surface area contributed by atoms with Crippen molar-refractivity contribution < 1.29 is 9.53 Å². The van der Waals surface area contributed by atoms with Crippen molar-refractivity contribution in [1.29, 1.82) is 0 Å². The summed E-state index contributed by atoms with van der Waals surface area (Å²) in [6, 6.07) is 7.63. The van der Waals surface area contributed by atoms with Crippen LogP contribution in [0.2, 0.25) is 0 Å². The fourth-order valence-electron chi connectivity index (χ4n) is 2.32. The molecule has 2 heterocycles. The van der Waals surface area contributed by atoms with Gasteiger partial charge in [0.1, 0.15) is 5.75 Å². The number of aryl methyl sites for hydroxylation is 1. The number of nitrogens with zero attached hydrogens (tertiary/aromatic N) is 1. The summed E-state index contributed by atoms with van der Waals surface area (Å²) < 4.78 is 6.79. The van der Waals surface area contributed by atoms with Gasteiger partial charge in [-0.1, -0.05) is 6.07 Å². The van der Waals surface area contributed by atoms with Gasteiger partial charge in [0, 0.05) is 29.9 Å². The molecule has 4 heteroatoms. The number of carbonyl (C=O) groups excluding carboxylic acids is 1. The third kappa shape index (κ3) is 2.28. The van der Waals surface area contributed by atoms with Gasteiger partial charge in [0.2, 0.25) is 0 Å².